The molecule has 0 amide bonds. The first-order chi connectivity index (χ1) is 12.5. The van der Waals surface area contributed by atoms with Gasteiger partial charge in [-0.25, -0.2) is 18.7 Å². The number of benzene rings is 2. The van der Waals surface area contributed by atoms with Crippen LogP contribution in [0.15, 0.2) is 54.9 Å². The van der Waals surface area contributed by atoms with E-state index in [1.165, 1.54) is 12.1 Å². The Kier molecular flexibility index (Phi) is 4.81. The van der Waals surface area contributed by atoms with Crippen LogP contribution in [0.2, 0.25) is 0 Å². The molecular weight excluding hydrogens is 346 g/mol. The van der Waals surface area contributed by atoms with E-state index in [1.807, 2.05) is 19.1 Å². The number of halogens is 2. The van der Waals surface area contributed by atoms with E-state index >= 15 is 0 Å². The van der Waals surface area contributed by atoms with E-state index in [-0.39, 0.29) is 7.43 Å². The quantitative estimate of drug-likeness (QED) is 0.533. The molecule has 0 atom stereocenters. The monoisotopic (exact) mass is 364 g/mol. The smallest absolute Gasteiger partial charge is 0.163 e. The van der Waals surface area contributed by atoms with Gasteiger partial charge in [0.15, 0.2) is 17.5 Å². The SMILES string of the molecule is C.Cc1c(-c2ccc(F)c(F)c2)ccc2nc(-c3cccnc3)nc(N)c12. The van der Waals surface area contributed by atoms with Crippen LogP contribution in [0.25, 0.3) is 33.4 Å². The number of hydrogen-bond donors (Lipinski definition) is 1. The summed E-state index contributed by atoms with van der Waals surface area (Å²) in [6.07, 6.45) is 3.34. The highest BCUT2D eigenvalue weighted by Crippen LogP contribution is 2.33. The fraction of sp³-hybridized carbons (Fsp3) is 0.0952. The Bertz CT molecular complexity index is 1130. The summed E-state index contributed by atoms with van der Waals surface area (Å²) in [4.78, 5) is 13.0. The summed E-state index contributed by atoms with van der Waals surface area (Å²) in [5, 5.41) is 0.694. The summed E-state index contributed by atoms with van der Waals surface area (Å²) in [5.74, 6) is -0.951. The Morgan fingerprint density at radius 1 is 0.926 bits per heavy atom. The van der Waals surface area contributed by atoms with Crippen LogP contribution >= 0.6 is 0 Å². The summed E-state index contributed by atoms with van der Waals surface area (Å²) >= 11 is 0. The van der Waals surface area contributed by atoms with Crippen molar-refractivity contribution < 1.29 is 8.78 Å². The maximum atomic E-state index is 13.6. The lowest BCUT2D eigenvalue weighted by molar-refractivity contribution is 0.509. The van der Waals surface area contributed by atoms with Crippen LogP contribution in [-0.4, -0.2) is 15.0 Å². The van der Waals surface area contributed by atoms with Crippen LogP contribution in [0.1, 0.15) is 13.0 Å². The molecule has 0 unspecified atom stereocenters. The Balaban J connectivity index is 0.00000210. The molecule has 27 heavy (non-hydrogen) atoms. The third-order valence-corrected chi connectivity index (χ3v) is 4.30. The third-order valence-electron chi connectivity index (χ3n) is 4.30. The van der Waals surface area contributed by atoms with Gasteiger partial charge in [-0.3, -0.25) is 4.98 Å². The van der Waals surface area contributed by atoms with Gasteiger partial charge in [0, 0.05) is 23.3 Å². The third kappa shape index (κ3) is 3.21. The van der Waals surface area contributed by atoms with Crippen LogP contribution in [0, 0.1) is 18.6 Å². The molecule has 0 radical (unpaired) electrons. The average molecular weight is 364 g/mol. The second-order valence-electron chi connectivity index (χ2n) is 5.94. The normalized spacial score (nSPS) is 10.6. The zero-order valence-corrected chi connectivity index (χ0v) is 13.9. The van der Waals surface area contributed by atoms with E-state index in [9.17, 15) is 8.78 Å². The summed E-state index contributed by atoms with van der Waals surface area (Å²) in [6, 6.07) is 11.1. The second-order valence-corrected chi connectivity index (χ2v) is 5.94. The highest BCUT2D eigenvalue weighted by Gasteiger charge is 2.14. The van der Waals surface area contributed by atoms with Crippen molar-refractivity contribution in [2.75, 3.05) is 5.73 Å². The second kappa shape index (κ2) is 7.07. The minimum atomic E-state index is -0.891. The maximum Gasteiger partial charge on any atom is 0.163 e. The Labute approximate surface area is 155 Å². The van der Waals surface area contributed by atoms with Crippen molar-refractivity contribution in [3.05, 3.63) is 72.1 Å². The van der Waals surface area contributed by atoms with Crippen molar-refractivity contribution in [2.24, 2.45) is 0 Å². The van der Waals surface area contributed by atoms with Crippen LogP contribution in [0.3, 0.4) is 0 Å². The first-order valence-electron chi connectivity index (χ1n) is 7.97. The van der Waals surface area contributed by atoms with Gasteiger partial charge in [-0.2, -0.15) is 0 Å². The minimum Gasteiger partial charge on any atom is -0.383 e. The topological polar surface area (TPSA) is 64.7 Å². The van der Waals surface area contributed by atoms with Crippen LogP contribution in [0.5, 0.6) is 0 Å². The van der Waals surface area contributed by atoms with Gasteiger partial charge in [0.1, 0.15) is 5.82 Å². The first-order valence-corrected chi connectivity index (χ1v) is 7.97. The molecule has 0 aliphatic heterocycles. The predicted octanol–water partition coefficient (Wildman–Crippen LogP) is 5.16. The van der Waals surface area contributed by atoms with Crippen molar-refractivity contribution in [3.63, 3.8) is 0 Å². The summed E-state index contributed by atoms with van der Waals surface area (Å²) in [6.45, 7) is 1.86. The van der Waals surface area contributed by atoms with Gasteiger partial charge in [0.25, 0.3) is 0 Å². The van der Waals surface area contributed by atoms with Crippen molar-refractivity contribution in [1.29, 1.82) is 0 Å². The van der Waals surface area contributed by atoms with Gasteiger partial charge in [-0.15, -0.1) is 0 Å². The number of aromatic nitrogens is 3. The largest absolute Gasteiger partial charge is 0.383 e. The molecule has 0 bridgehead atoms. The van der Waals surface area contributed by atoms with E-state index in [4.69, 9.17) is 5.73 Å². The van der Waals surface area contributed by atoms with Crippen molar-refractivity contribution >= 4 is 16.7 Å². The number of rotatable bonds is 2. The van der Waals surface area contributed by atoms with Gasteiger partial charge in [0.05, 0.1) is 5.52 Å². The van der Waals surface area contributed by atoms with Crippen molar-refractivity contribution in [2.45, 2.75) is 14.4 Å². The van der Waals surface area contributed by atoms with E-state index in [2.05, 4.69) is 15.0 Å². The van der Waals surface area contributed by atoms with E-state index in [0.29, 0.717) is 28.1 Å². The van der Waals surface area contributed by atoms with Crippen molar-refractivity contribution in [1.82, 2.24) is 15.0 Å². The molecule has 0 saturated heterocycles. The molecule has 4 nitrogen and oxygen atoms in total. The highest BCUT2D eigenvalue weighted by atomic mass is 19.2. The molecule has 0 spiro atoms. The van der Waals surface area contributed by atoms with Gasteiger partial charge in [-0.05, 0) is 53.9 Å². The van der Waals surface area contributed by atoms with Crippen LogP contribution in [0.4, 0.5) is 14.6 Å². The Hall–Kier alpha value is -3.41. The fourth-order valence-electron chi connectivity index (χ4n) is 3.02. The number of anilines is 1. The molecule has 0 aliphatic rings. The molecule has 6 heteroatoms. The number of pyridine rings is 1. The first kappa shape index (κ1) is 18.4. The van der Waals surface area contributed by atoms with Gasteiger partial charge < -0.3 is 5.73 Å². The standard InChI is InChI=1S/C20H14F2N4.CH4/c1-11-14(12-4-6-15(21)16(22)9-12)5-7-17-18(11)19(23)26-20(25-17)13-3-2-8-24-10-13;/h2-10H,1H3,(H2,23,25,26);1H4. The molecule has 0 fully saturated rings. The molecule has 2 aromatic heterocycles. The summed E-state index contributed by atoms with van der Waals surface area (Å²) < 4.78 is 26.8. The number of hydrogen-bond acceptors (Lipinski definition) is 4. The number of aryl methyl sites for hydroxylation is 1. The molecule has 2 N–H and O–H groups in total. The fourth-order valence-corrected chi connectivity index (χ4v) is 3.02. The summed E-state index contributed by atoms with van der Waals surface area (Å²) in [7, 11) is 0. The number of nitrogens with zero attached hydrogens (tertiary/aromatic N) is 3. The van der Waals surface area contributed by atoms with E-state index in [0.717, 1.165) is 22.8 Å². The predicted molar refractivity (Wildman–Crippen MR) is 104 cm³/mol. The highest BCUT2D eigenvalue weighted by molar-refractivity contribution is 5.96. The molecule has 0 aliphatic carbocycles. The van der Waals surface area contributed by atoms with Crippen LogP contribution < -0.4 is 5.73 Å². The molecular formula is C21H18F2N4. The average Bonchev–Trinajstić information content (AvgIpc) is 2.65. The zero-order chi connectivity index (χ0) is 18.3. The van der Waals surface area contributed by atoms with Crippen LogP contribution in [-0.2, 0) is 0 Å². The molecule has 2 aromatic carbocycles. The van der Waals surface area contributed by atoms with E-state index < -0.39 is 11.6 Å². The molecule has 4 aromatic rings. The zero-order valence-electron chi connectivity index (χ0n) is 13.9. The number of nitrogens with two attached hydrogens (primary N) is 1. The lowest BCUT2D eigenvalue weighted by atomic mass is 9.97. The molecule has 2 heterocycles. The van der Waals surface area contributed by atoms with Gasteiger partial charge in [-0.1, -0.05) is 19.6 Å². The molecule has 136 valence electrons. The Morgan fingerprint density at radius 3 is 2.44 bits per heavy atom. The lowest BCUT2D eigenvalue weighted by Crippen LogP contribution is -2.00. The minimum absolute atomic E-state index is 0. The maximum absolute atomic E-state index is 13.6. The summed E-state index contributed by atoms with van der Waals surface area (Å²) in [5.41, 5.74) is 9.77. The Morgan fingerprint density at radius 2 is 1.74 bits per heavy atom. The lowest BCUT2D eigenvalue weighted by Gasteiger charge is -2.12. The molecule has 4 rings (SSSR count). The van der Waals surface area contributed by atoms with Gasteiger partial charge in [0.2, 0.25) is 0 Å². The number of nitrogen functional groups attached to an aromatic ring is 1. The van der Waals surface area contributed by atoms with Crippen molar-refractivity contribution in [3.8, 4) is 22.5 Å². The van der Waals surface area contributed by atoms with E-state index in [1.54, 1.807) is 24.5 Å². The van der Waals surface area contributed by atoms with Gasteiger partial charge >= 0.3 is 0 Å². The number of fused-ring (bicyclic) bond motifs is 1. The molecule has 0 saturated carbocycles.